The normalized spacial score (nSPS) is 10.6. The summed E-state index contributed by atoms with van der Waals surface area (Å²) in [6.07, 6.45) is 2.04. The molecule has 0 fully saturated rings. The molecule has 0 saturated heterocycles. The zero-order chi connectivity index (χ0) is 17.3. The highest BCUT2D eigenvalue weighted by molar-refractivity contribution is 6.40. The van der Waals surface area contributed by atoms with Crippen molar-refractivity contribution < 1.29 is 4.79 Å². The number of halogens is 2. The summed E-state index contributed by atoms with van der Waals surface area (Å²) in [6.45, 7) is 1.83. The number of nitrogens with one attached hydrogen (secondary N) is 1. The fourth-order valence-electron chi connectivity index (χ4n) is 2.51. The average Bonchev–Trinajstić information content (AvgIpc) is 2.85. The van der Waals surface area contributed by atoms with E-state index in [0.717, 1.165) is 11.4 Å². The van der Waals surface area contributed by atoms with Crippen molar-refractivity contribution in [1.82, 2.24) is 9.38 Å². The number of nitriles is 1. The van der Waals surface area contributed by atoms with E-state index in [2.05, 4.69) is 16.4 Å². The fraction of sp³-hybridized carbons (Fsp3) is 0.118. The van der Waals surface area contributed by atoms with Gasteiger partial charge in [-0.2, -0.15) is 5.26 Å². The number of nitrogens with zero attached hydrogens (tertiary/aromatic N) is 3. The maximum absolute atomic E-state index is 12.5. The maximum atomic E-state index is 12.5. The SMILES string of the molecule is Cc1nc2c(NC(=O)c3c(Cl)cccc3Cl)cccn2c1CC#N. The van der Waals surface area contributed by atoms with Crippen LogP contribution in [0.2, 0.25) is 10.0 Å². The molecule has 0 aliphatic carbocycles. The van der Waals surface area contributed by atoms with Crippen molar-refractivity contribution >= 4 is 40.4 Å². The van der Waals surface area contributed by atoms with Gasteiger partial charge in [0.15, 0.2) is 5.65 Å². The summed E-state index contributed by atoms with van der Waals surface area (Å²) in [6, 6.07) is 10.5. The van der Waals surface area contributed by atoms with Crippen LogP contribution < -0.4 is 5.32 Å². The number of hydrogen-bond donors (Lipinski definition) is 1. The van der Waals surface area contributed by atoms with Crippen LogP contribution in [0.1, 0.15) is 21.7 Å². The van der Waals surface area contributed by atoms with Gasteiger partial charge in [0.25, 0.3) is 5.91 Å². The molecule has 0 saturated carbocycles. The highest BCUT2D eigenvalue weighted by Gasteiger charge is 2.17. The van der Waals surface area contributed by atoms with E-state index in [1.807, 2.05) is 6.92 Å². The molecule has 2 heterocycles. The summed E-state index contributed by atoms with van der Waals surface area (Å²) in [5.74, 6) is -0.416. The number of benzene rings is 1. The molecular formula is C17H12Cl2N4O. The van der Waals surface area contributed by atoms with Crippen molar-refractivity contribution in [1.29, 1.82) is 5.26 Å². The average molecular weight is 359 g/mol. The lowest BCUT2D eigenvalue weighted by Crippen LogP contribution is -2.14. The summed E-state index contributed by atoms with van der Waals surface area (Å²) < 4.78 is 1.79. The first-order chi connectivity index (χ1) is 11.5. The monoisotopic (exact) mass is 358 g/mol. The number of carbonyl (C=O) groups is 1. The standard InChI is InChI=1S/C17H12Cl2N4O/c1-10-14(7-8-20)23-9-3-6-13(16(23)21-10)22-17(24)15-11(18)4-2-5-12(15)19/h2-6,9H,7H2,1H3,(H,22,24). The van der Waals surface area contributed by atoms with E-state index in [0.29, 0.717) is 11.3 Å². The number of carbonyl (C=O) groups excluding carboxylic acids is 1. The number of pyridine rings is 1. The third kappa shape index (κ3) is 2.82. The minimum Gasteiger partial charge on any atom is -0.319 e. The Hall–Kier alpha value is -2.55. The van der Waals surface area contributed by atoms with Crippen LogP contribution in [0.3, 0.4) is 0 Å². The lowest BCUT2D eigenvalue weighted by atomic mass is 10.2. The Labute approximate surface area is 148 Å². The molecule has 0 atom stereocenters. The molecule has 0 spiro atoms. The molecule has 0 bridgehead atoms. The van der Waals surface area contributed by atoms with E-state index in [1.54, 1.807) is 40.9 Å². The molecule has 1 N–H and O–H groups in total. The smallest absolute Gasteiger partial charge is 0.258 e. The highest BCUT2D eigenvalue weighted by Crippen LogP contribution is 2.26. The van der Waals surface area contributed by atoms with Gasteiger partial charge in [0, 0.05) is 6.20 Å². The molecule has 0 unspecified atom stereocenters. The molecular weight excluding hydrogens is 347 g/mol. The third-order valence-corrected chi connectivity index (χ3v) is 4.26. The molecule has 0 aliphatic rings. The van der Waals surface area contributed by atoms with Crippen molar-refractivity contribution in [3.63, 3.8) is 0 Å². The van der Waals surface area contributed by atoms with Crippen molar-refractivity contribution in [2.45, 2.75) is 13.3 Å². The van der Waals surface area contributed by atoms with Gasteiger partial charge in [-0.05, 0) is 31.2 Å². The molecule has 2 aromatic heterocycles. The lowest BCUT2D eigenvalue weighted by Gasteiger charge is -2.09. The predicted molar refractivity (Wildman–Crippen MR) is 93.7 cm³/mol. The van der Waals surface area contributed by atoms with Crippen molar-refractivity contribution in [2.24, 2.45) is 0 Å². The van der Waals surface area contributed by atoms with Gasteiger partial charge >= 0.3 is 0 Å². The van der Waals surface area contributed by atoms with Crippen LogP contribution in [0.15, 0.2) is 36.5 Å². The van der Waals surface area contributed by atoms with Crippen molar-refractivity contribution in [2.75, 3.05) is 5.32 Å². The Balaban J connectivity index is 2.04. The van der Waals surface area contributed by atoms with Gasteiger partial charge in [-0.1, -0.05) is 29.3 Å². The van der Waals surface area contributed by atoms with E-state index in [9.17, 15) is 4.79 Å². The topological polar surface area (TPSA) is 70.2 Å². The zero-order valence-electron chi connectivity index (χ0n) is 12.7. The van der Waals surface area contributed by atoms with Crippen molar-refractivity contribution in [3.05, 3.63) is 63.5 Å². The van der Waals surface area contributed by atoms with E-state index >= 15 is 0 Å². The first kappa shape index (κ1) is 16.3. The minimum atomic E-state index is -0.416. The molecule has 3 aromatic rings. The van der Waals surface area contributed by atoms with Gasteiger partial charge in [-0.15, -0.1) is 0 Å². The molecule has 3 rings (SSSR count). The number of anilines is 1. The van der Waals surface area contributed by atoms with Crippen LogP contribution in [0.5, 0.6) is 0 Å². The molecule has 1 amide bonds. The molecule has 1 aromatic carbocycles. The first-order valence-corrected chi connectivity index (χ1v) is 7.87. The third-order valence-electron chi connectivity index (χ3n) is 3.63. The number of aromatic nitrogens is 2. The summed E-state index contributed by atoms with van der Waals surface area (Å²) in [4.78, 5) is 17.0. The van der Waals surface area contributed by atoms with E-state index < -0.39 is 5.91 Å². The van der Waals surface area contributed by atoms with Gasteiger partial charge in [-0.3, -0.25) is 4.79 Å². The molecule has 5 nitrogen and oxygen atoms in total. The number of imidazole rings is 1. The van der Waals surface area contributed by atoms with E-state index in [4.69, 9.17) is 28.5 Å². The van der Waals surface area contributed by atoms with E-state index in [1.165, 1.54) is 0 Å². The largest absolute Gasteiger partial charge is 0.319 e. The highest BCUT2D eigenvalue weighted by atomic mass is 35.5. The predicted octanol–water partition coefficient (Wildman–Crippen LogP) is 4.27. The Morgan fingerprint density at radius 2 is 2.00 bits per heavy atom. The van der Waals surface area contributed by atoms with Crippen LogP contribution >= 0.6 is 23.2 Å². The fourth-order valence-corrected chi connectivity index (χ4v) is 3.08. The van der Waals surface area contributed by atoms with Gasteiger partial charge < -0.3 is 9.72 Å². The van der Waals surface area contributed by atoms with Gasteiger partial charge in [0.1, 0.15) is 0 Å². The molecule has 24 heavy (non-hydrogen) atoms. The van der Waals surface area contributed by atoms with Crippen LogP contribution in [0.4, 0.5) is 5.69 Å². The Morgan fingerprint density at radius 3 is 2.67 bits per heavy atom. The summed E-state index contributed by atoms with van der Waals surface area (Å²) >= 11 is 12.2. The van der Waals surface area contributed by atoms with Crippen LogP contribution in [-0.4, -0.2) is 15.3 Å². The molecule has 0 radical (unpaired) electrons. The number of rotatable bonds is 3. The zero-order valence-corrected chi connectivity index (χ0v) is 14.2. The van der Waals surface area contributed by atoms with Gasteiger partial charge in [0.05, 0.1) is 45.2 Å². The molecule has 120 valence electrons. The second-order valence-electron chi connectivity index (χ2n) is 5.15. The number of fused-ring (bicyclic) bond motifs is 1. The summed E-state index contributed by atoms with van der Waals surface area (Å²) in [5, 5.41) is 12.3. The van der Waals surface area contributed by atoms with E-state index in [-0.39, 0.29) is 22.0 Å². The second-order valence-corrected chi connectivity index (χ2v) is 5.96. The number of aryl methyl sites for hydroxylation is 1. The minimum absolute atomic E-state index is 0.211. The second kappa shape index (κ2) is 6.52. The maximum Gasteiger partial charge on any atom is 0.258 e. The Bertz CT molecular complexity index is 968. The van der Waals surface area contributed by atoms with Gasteiger partial charge in [-0.25, -0.2) is 4.98 Å². The van der Waals surface area contributed by atoms with Crippen LogP contribution in [0, 0.1) is 18.3 Å². The quantitative estimate of drug-likeness (QED) is 0.759. The summed E-state index contributed by atoms with van der Waals surface area (Å²) in [5.41, 5.74) is 2.83. The Morgan fingerprint density at radius 1 is 1.29 bits per heavy atom. The molecule has 0 aliphatic heterocycles. The van der Waals surface area contributed by atoms with Gasteiger partial charge in [0.2, 0.25) is 0 Å². The molecule has 7 heteroatoms. The summed E-state index contributed by atoms with van der Waals surface area (Å²) in [7, 11) is 0. The first-order valence-electron chi connectivity index (χ1n) is 7.11. The van der Waals surface area contributed by atoms with Crippen LogP contribution in [0.25, 0.3) is 5.65 Å². The number of hydrogen-bond acceptors (Lipinski definition) is 3. The number of amides is 1. The van der Waals surface area contributed by atoms with Crippen molar-refractivity contribution in [3.8, 4) is 6.07 Å². The lowest BCUT2D eigenvalue weighted by molar-refractivity contribution is 0.102. The Kier molecular flexibility index (Phi) is 4.43. The van der Waals surface area contributed by atoms with Crippen LogP contribution in [-0.2, 0) is 6.42 Å².